The van der Waals surface area contributed by atoms with Gasteiger partial charge in [-0.25, -0.2) is 9.37 Å². The summed E-state index contributed by atoms with van der Waals surface area (Å²) in [6.45, 7) is 8.34. The number of aryl methyl sites for hydroxylation is 1. The molecule has 2 aliphatic heterocycles. The Morgan fingerprint density at radius 1 is 0.974 bits per heavy atom. The lowest BCUT2D eigenvalue weighted by molar-refractivity contribution is 0.0982. The molecule has 198 valence electrons. The molecule has 0 atom stereocenters. The standard InChI is InChI=1S/C29H33ClFN7/c1-19-27(20-4-3-5-21(30)16-20)28(32)38-29(34-19)25(18-33-38)24-7-6-23(17-26(24)31)36-10-8-22(9-11-36)37-14-12-35(2)13-15-37/h3-7,16-18,22H,8-15,32H2,1-2H3. The maximum Gasteiger partial charge on any atom is 0.165 e. The highest BCUT2D eigenvalue weighted by Gasteiger charge is 2.27. The third kappa shape index (κ3) is 4.61. The second-order valence-corrected chi connectivity index (χ2v) is 10.9. The van der Waals surface area contributed by atoms with Crippen LogP contribution in [0.2, 0.25) is 5.02 Å². The van der Waals surface area contributed by atoms with Crippen LogP contribution in [-0.2, 0) is 0 Å². The molecule has 9 heteroatoms. The zero-order valence-corrected chi connectivity index (χ0v) is 22.6. The van der Waals surface area contributed by atoms with E-state index in [4.69, 9.17) is 22.3 Å². The highest BCUT2D eigenvalue weighted by Crippen LogP contribution is 2.35. The maximum atomic E-state index is 15.5. The monoisotopic (exact) mass is 533 g/mol. The minimum Gasteiger partial charge on any atom is -0.383 e. The average molecular weight is 534 g/mol. The number of hydrogen-bond acceptors (Lipinski definition) is 6. The number of hydrogen-bond donors (Lipinski definition) is 1. The Kier molecular flexibility index (Phi) is 6.72. The molecule has 38 heavy (non-hydrogen) atoms. The summed E-state index contributed by atoms with van der Waals surface area (Å²) in [5, 5.41) is 5.09. The van der Waals surface area contributed by atoms with Gasteiger partial charge < -0.3 is 15.5 Å². The quantitative estimate of drug-likeness (QED) is 0.400. The van der Waals surface area contributed by atoms with Gasteiger partial charge in [0.05, 0.1) is 11.9 Å². The number of rotatable bonds is 4. The van der Waals surface area contributed by atoms with Crippen LogP contribution in [-0.4, -0.2) is 76.8 Å². The van der Waals surface area contributed by atoms with E-state index in [1.165, 1.54) is 0 Å². The molecule has 0 bridgehead atoms. The normalized spacial score (nSPS) is 17.9. The lowest BCUT2D eigenvalue weighted by Crippen LogP contribution is -2.52. The van der Waals surface area contributed by atoms with Crippen molar-refractivity contribution in [3.63, 3.8) is 0 Å². The first-order chi connectivity index (χ1) is 18.4. The van der Waals surface area contributed by atoms with Gasteiger partial charge in [-0.3, -0.25) is 4.90 Å². The second kappa shape index (κ2) is 10.2. The van der Waals surface area contributed by atoms with Crippen LogP contribution < -0.4 is 10.6 Å². The van der Waals surface area contributed by atoms with Gasteiger partial charge in [0.1, 0.15) is 11.6 Å². The van der Waals surface area contributed by atoms with E-state index in [-0.39, 0.29) is 5.82 Å². The van der Waals surface area contributed by atoms with E-state index in [2.05, 4.69) is 26.8 Å². The summed E-state index contributed by atoms with van der Waals surface area (Å²) in [6, 6.07) is 13.6. The molecule has 7 nitrogen and oxygen atoms in total. The van der Waals surface area contributed by atoms with Crippen LogP contribution in [0.1, 0.15) is 18.5 Å². The zero-order valence-electron chi connectivity index (χ0n) is 21.9. The number of piperazine rings is 1. The third-order valence-electron chi connectivity index (χ3n) is 8.10. The third-order valence-corrected chi connectivity index (χ3v) is 8.34. The first-order valence-electron chi connectivity index (χ1n) is 13.3. The van der Waals surface area contributed by atoms with E-state index < -0.39 is 0 Å². The van der Waals surface area contributed by atoms with Crippen molar-refractivity contribution in [2.75, 3.05) is 56.9 Å². The molecule has 2 fully saturated rings. The molecule has 4 aromatic rings. The highest BCUT2D eigenvalue weighted by atomic mass is 35.5. The Bertz CT molecular complexity index is 1470. The molecular weight excluding hydrogens is 501 g/mol. The lowest BCUT2D eigenvalue weighted by Gasteiger charge is -2.42. The van der Waals surface area contributed by atoms with Crippen LogP contribution in [0.4, 0.5) is 15.9 Å². The topological polar surface area (TPSA) is 65.9 Å². The van der Waals surface area contributed by atoms with Crippen LogP contribution in [0.15, 0.2) is 48.7 Å². The number of nitrogens with two attached hydrogens (primary N) is 1. The maximum absolute atomic E-state index is 15.5. The van der Waals surface area contributed by atoms with E-state index in [9.17, 15) is 0 Å². The fraction of sp³-hybridized carbons (Fsp3) is 0.379. The highest BCUT2D eigenvalue weighted by molar-refractivity contribution is 6.30. The number of piperidine rings is 1. The van der Waals surface area contributed by atoms with Gasteiger partial charge >= 0.3 is 0 Å². The van der Waals surface area contributed by atoms with Crippen LogP contribution in [0.25, 0.3) is 27.9 Å². The van der Waals surface area contributed by atoms with Crippen molar-refractivity contribution in [2.24, 2.45) is 0 Å². The van der Waals surface area contributed by atoms with Crippen LogP contribution in [0.5, 0.6) is 0 Å². The summed E-state index contributed by atoms with van der Waals surface area (Å²) in [7, 11) is 2.19. The van der Waals surface area contributed by atoms with Crippen molar-refractivity contribution in [3.8, 4) is 22.3 Å². The minimum absolute atomic E-state index is 0.282. The van der Waals surface area contributed by atoms with Crippen LogP contribution >= 0.6 is 11.6 Å². The molecule has 2 aromatic carbocycles. The number of benzene rings is 2. The SMILES string of the molecule is Cc1nc2c(-c3ccc(N4CCC(N5CCN(C)CC5)CC4)cc3F)cnn2c(N)c1-c1cccc(Cl)c1. The smallest absolute Gasteiger partial charge is 0.165 e. The molecule has 0 radical (unpaired) electrons. The number of halogens is 2. The first-order valence-corrected chi connectivity index (χ1v) is 13.6. The van der Waals surface area contributed by atoms with E-state index in [1.54, 1.807) is 16.8 Å². The predicted molar refractivity (Wildman–Crippen MR) is 152 cm³/mol. The van der Waals surface area contributed by atoms with Gasteiger partial charge in [0, 0.05) is 72.7 Å². The molecule has 2 N–H and O–H groups in total. The Morgan fingerprint density at radius 3 is 2.45 bits per heavy atom. The molecule has 6 rings (SSSR count). The van der Waals surface area contributed by atoms with Gasteiger partial charge in [-0.2, -0.15) is 9.61 Å². The Morgan fingerprint density at radius 2 is 1.74 bits per heavy atom. The summed E-state index contributed by atoms with van der Waals surface area (Å²) in [4.78, 5) is 12.1. The second-order valence-electron chi connectivity index (χ2n) is 10.5. The van der Waals surface area contributed by atoms with Gasteiger partial charge in [0.15, 0.2) is 5.65 Å². The molecule has 2 aliphatic rings. The fourth-order valence-electron chi connectivity index (χ4n) is 5.92. The number of nitrogen functional groups attached to an aromatic ring is 1. The number of fused-ring (bicyclic) bond motifs is 1. The van der Waals surface area contributed by atoms with E-state index >= 15 is 4.39 Å². The number of nitrogens with zero attached hydrogens (tertiary/aromatic N) is 6. The van der Waals surface area contributed by atoms with E-state index in [0.717, 1.165) is 74.6 Å². The lowest BCUT2D eigenvalue weighted by atomic mass is 10.0. The van der Waals surface area contributed by atoms with Gasteiger partial charge in [-0.05, 0) is 62.7 Å². The van der Waals surface area contributed by atoms with Gasteiger partial charge in [-0.15, -0.1) is 0 Å². The molecule has 2 saturated heterocycles. The summed E-state index contributed by atoms with van der Waals surface area (Å²) < 4.78 is 17.1. The molecule has 0 aliphatic carbocycles. The van der Waals surface area contributed by atoms with Crippen molar-refractivity contribution < 1.29 is 4.39 Å². The first kappa shape index (κ1) is 25.1. The number of likely N-dealkylation sites (N-methyl/N-ethyl adjacent to an activating group) is 1. The van der Waals surface area contributed by atoms with Gasteiger partial charge in [0.25, 0.3) is 0 Å². The van der Waals surface area contributed by atoms with Crippen molar-refractivity contribution in [1.82, 2.24) is 24.4 Å². The van der Waals surface area contributed by atoms with E-state index in [1.807, 2.05) is 43.3 Å². The predicted octanol–water partition coefficient (Wildman–Crippen LogP) is 4.96. The summed E-state index contributed by atoms with van der Waals surface area (Å²) in [5.41, 5.74) is 11.5. The Balaban J connectivity index is 1.23. The summed E-state index contributed by atoms with van der Waals surface area (Å²) in [5.74, 6) is 0.164. The molecular formula is C29H33ClFN7. The summed E-state index contributed by atoms with van der Waals surface area (Å²) >= 11 is 6.20. The van der Waals surface area contributed by atoms with Crippen molar-refractivity contribution in [2.45, 2.75) is 25.8 Å². The number of anilines is 2. The molecule has 2 aromatic heterocycles. The average Bonchev–Trinajstić information content (AvgIpc) is 3.33. The van der Waals surface area contributed by atoms with Crippen molar-refractivity contribution in [1.29, 1.82) is 0 Å². The Hall–Kier alpha value is -3.20. The minimum atomic E-state index is -0.282. The molecule has 0 amide bonds. The van der Waals surface area contributed by atoms with E-state index in [0.29, 0.717) is 33.7 Å². The van der Waals surface area contributed by atoms with Gasteiger partial charge in [-0.1, -0.05) is 23.7 Å². The largest absolute Gasteiger partial charge is 0.383 e. The van der Waals surface area contributed by atoms with Crippen molar-refractivity contribution >= 4 is 28.8 Å². The molecule has 0 saturated carbocycles. The zero-order chi connectivity index (χ0) is 26.4. The molecule has 4 heterocycles. The number of aromatic nitrogens is 3. The fourth-order valence-corrected chi connectivity index (χ4v) is 6.11. The molecule has 0 unspecified atom stereocenters. The van der Waals surface area contributed by atoms with Crippen LogP contribution in [0, 0.1) is 12.7 Å². The van der Waals surface area contributed by atoms with Crippen molar-refractivity contribution in [3.05, 3.63) is 65.2 Å². The van der Waals surface area contributed by atoms with Crippen LogP contribution in [0.3, 0.4) is 0 Å². The van der Waals surface area contributed by atoms with Gasteiger partial charge in [0.2, 0.25) is 0 Å². The summed E-state index contributed by atoms with van der Waals surface area (Å²) in [6.07, 6.45) is 3.86. The molecule has 0 spiro atoms. The Labute approximate surface area is 227 Å².